The Labute approximate surface area is 128 Å². The van der Waals surface area contributed by atoms with E-state index in [0.29, 0.717) is 29.7 Å². The number of oxazole rings is 1. The van der Waals surface area contributed by atoms with E-state index < -0.39 is 10.0 Å². The quantitative estimate of drug-likeness (QED) is 0.932. The maximum absolute atomic E-state index is 11.2. The molecule has 1 saturated heterocycles. The Bertz CT molecular complexity index is 751. The average Bonchev–Trinajstić information content (AvgIpc) is 2.80. The lowest BCUT2D eigenvalue weighted by molar-refractivity contribution is 0.439. The molecule has 21 heavy (non-hydrogen) atoms. The number of halogens is 1. The summed E-state index contributed by atoms with van der Waals surface area (Å²) in [5, 5.41) is 0.612. The summed E-state index contributed by atoms with van der Waals surface area (Å²) in [5.74, 6) is 0. The first kappa shape index (κ1) is 14.6. The van der Waals surface area contributed by atoms with Gasteiger partial charge in [-0.25, -0.2) is 13.1 Å². The van der Waals surface area contributed by atoms with E-state index in [1.807, 2.05) is 11.0 Å². The van der Waals surface area contributed by atoms with Crippen molar-refractivity contribution in [3.05, 3.63) is 23.2 Å². The second kappa shape index (κ2) is 5.47. The van der Waals surface area contributed by atoms with E-state index in [1.165, 1.54) is 6.26 Å². The Kier molecular flexibility index (Phi) is 3.81. The van der Waals surface area contributed by atoms with Crippen LogP contribution in [0.5, 0.6) is 0 Å². The maximum Gasteiger partial charge on any atom is 0.298 e. The zero-order chi connectivity index (χ0) is 15.0. The van der Waals surface area contributed by atoms with Crippen LogP contribution < -0.4 is 9.62 Å². The number of sulfonamides is 1. The molecule has 1 fully saturated rings. The van der Waals surface area contributed by atoms with Crippen LogP contribution in [0.4, 0.5) is 6.01 Å². The molecule has 1 aromatic heterocycles. The summed E-state index contributed by atoms with van der Waals surface area (Å²) in [4.78, 5) is 6.46. The van der Waals surface area contributed by atoms with Crippen molar-refractivity contribution in [3.8, 4) is 0 Å². The van der Waals surface area contributed by atoms with Gasteiger partial charge in [-0.3, -0.25) is 0 Å². The first-order valence-electron chi connectivity index (χ1n) is 6.69. The van der Waals surface area contributed by atoms with E-state index in [0.717, 1.165) is 18.4 Å². The molecular weight excluding hydrogens is 314 g/mol. The van der Waals surface area contributed by atoms with Crippen molar-refractivity contribution in [1.82, 2.24) is 9.71 Å². The molecule has 0 saturated carbocycles. The van der Waals surface area contributed by atoms with E-state index in [-0.39, 0.29) is 6.04 Å². The van der Waals surface area contributed by atoms with Crippen molar-refractivity contribution in [2.24, 2.45) is 0 Å². The third-order valence-electron chi connectivity index (χ3n) is 3.49. The van der Waals surface area contributed by atoms with Crippen LogP contribution in [-0.4, -0.2) is 38.8 Å². The van der Waals surface area contributed by atoms with Gasteiger partial charge in [0.1, 0.15) is 5.52 Å². The normalized spacial score (nSPS) is 17.5. The Morgan fingerprint density at radius 3 is 2.76 bits per heavy atom. The summed E-state index contributed by atoms with van der Waals surface area (Å²) in [6, 6.07) is 5.88. The number of piperidine rings is 1. The van der Waals surface area contributed by atoms with Crippen molar-refractivity contribution >= 4 is 38.7 Å². The first-order chi connectivity index (χ1) is 9.90. The maximum atomic E-state index is 11.2. The first-order valence-corrected chi connectivity index (χ1v) is 8.96. The molecule has 0 aliphatic carbocycles. The molecule has 6 nitrogen and oxygen atoms in total. The summed E-state index contributed by atoms with van der Waals surface area (Å²) in [6.45, 7) is 1.40. The summed E-state index contributed by atoms with van der Waals surface area (Å²) in [7, 11) is -3.15. The van der Waals surface area contributed by atoms with Gasteiger partial charge < -0.3 is 9.32 Å². The van der Waals surface area contributed by atoms with Gasteiger partial charge in [-0.05, 0) is 25.0 Å². The molecule has 1 aliphatic rings. The number of benzene rings is 1. The van der Waals surface area contributed by atoms with Gasteiger partial charge in [0.05, 0.1) is 6.26 Å². The topological polar surface area (TPSA) is 75.4 Å². The minimum absolute atomic E-state index is 0.0185. The second-order valence-electron chi connectivity index (χ2n) is 5.26. The third kappa shape index (κ3) is 3.48. The van der Waals surface area contributed by atoms with Crippen LogP contribution in [0.2, 0.25) is 5.02 Å². The highest BCUT2D eigenvalue weighted by Crippen LogP contribution is 2.26. The van der Waals surface area contributed by atoms with Crippen LogP contribution in [0.1, 0.15) is 12.8 Å². The minimum atomic E-state index is -3.15. The van der Waals surface area contributed by atoms with Crippen LogP contribution in [0, 0.1) is 0 Å². The number of hydrogen-bond donors (Lipinski definition) is 1. The Morgan fingerprint density at radius 1 is 1.38 bits per heavy atom. The Morgan fingerprint density at radius 2 is 2.10 bits per heavy atom. The number of nitrogens with one attached hydrogen (secondary N) is 1. The second-order valence-corrected chi connectivity index (χ2v) is 7.48. The number of aromatic nitrogens is 1. The predicted octanol–water partition coefficient (Wildman–Crippen LogP) is 2.00. The summed E-state index contributed by atoms with van der Waals surface area (Å²) >= 11 is 5.93. The van der Waals surface area contributed by atoms with E-state index in [1.54, 1.807) is 12.1 Å². The third-order valence-corrected chi connectivity index (χ3v) is 4.48. The van der Waals surface area contributed by atoms with Crippen LogP contribution in [0.3, 0.4) is 0 Å². The van der Waals surface area contributed by atoms with Crippen molar-refractivity contribution in [2.75, 3.05) is 24.2 Å². The minimum Gasteiger partial charge on any atom is -0.423 e. The fourth-order valence-electron chi connectivity index (χ4n) is 2.51. The zero-order valence-corrected chi connectivity index (χ0v) is 13.1. The zero-order valence-electron chi connectivity index (χ0n) is 11.5. The lowest BCUT2D eigenvalue weighted by Gasteiger charge is -2.30. The standard InChI is InChI=1S/C13H16ClN3O3S/c1-21(18,19)16-10-4-6-17(7-5-10)13-15-11-3-2-9(14)8-12(11)20-13/h2-3,8,10,16H,4-7H2,1H3. The van der Waals surface area contributed by atoms with E-state index in [4.69, 9.17) is 16.0 Å². The highest BCUT2D eigenvalue weighted by molar-refractivity contribution is 7.88. The van der Waals surface area contributed by atoms with Gasteiger partial charge in [0.2, 0.25) is 10.0 Å². The van der Waals surface area contributed by atoms with Crippen LogP contribution in [-0.2, 0) is 10.0 Å². The largest absolute Gasteiger partial charge is 0.423 e. The average molecular weight is 330 g/mol. The molecule has 0 spiro atoms. The van der Waals surface area contributed by atoms with Crippen molar-refractivity contribution in [3.63, 3.8) is 0 Å². The number of hydrogen-bond acceptors (Lipinski definition) is 5. The summed E-state index contributed by atoms with van der Waals surface area (Å²) < 4.78 is 30.8. The molecule has 0 atom stereocenters. The van der Waals surface area contributed by atoms with E-state index in [2.05, 4.69) is 9.71 Å². The fraction of sp³-hybridized carbons (Fsp3) is 0.462. The monoisotopic (exact) mass is 329 g/mol. The van der Waals surface area contributed by atoms with Crippen molar-refractivity contribution in [2.45, 2.75) is 18.9 Å². The van der Waals surface area contributed by atoms with Crippen LogP contribution >= 0.6 is 11.6 Å². The van der Waals surface area contributed by atoms with Crippen molar-refractivity contribution < 1.29 is 12.8 Å². The predicted molar refractivity (Wildman–Crippen MR) is 82.2 cm³/mol. The number of fused-ring (bicyclic) bond motifs is 1. The molecule has 8 heteroatoms. The van der Waals surface area contributed by atoms with Gasteiger partial charge in [-0.15, -0.1) is 0 Å². The highest BCUT2D eigenvalue weighted by Gasteiger charge is 2.24. The molecule has 2 heterocycles. The van der Waals surface area contributed by atoms with Crippen LogP contribution in [0.25, 0.3) is 11.1 Å². The SMILES string of the molecule is CS(=O)(=O)NC1CCN(c2nc3ccc(Cl)cc3o2)CC1. The Hall–Kier alpha value is -1.31. The highest BCUT2D eigenvalue weighted by atomic mass is 35.5. The smallest absolute Gasteiger partial charge is 0.298 e. The van der Waals surface area contributed by atoms with Gasteiger partial charge in [0, 0.05) is 30.2 Å². The van der Waals surface area contributed by atoms with Gasteiger partial charge in [0.15, 0.2) is 5.58 Å². The molecule has 1 aliphatic heterocycles. The molecular formula is C13H16ClN3O3S. The molecule has 3 rings (SSSR count). The molecule has 1 N–H and O–H groups in total. The summed E-state index contributed by atoms with van der Waals surface area (Å²) in [6.07, 6.45) is 2.64. The molecule has 2 aromatic rings. The van der Waals surface area contributed by atoms with E-state index >= 15 is 0 Å². The molecule has 114 valence electrons. The summed E-state index contributed by atoms with van der Waals surface area (Å²) in [5.41, 5.74) is 1.43. The van der Waals surface area contributed by atoms with Gasteiger partial charge in [-0.2, -0.15) is 4.98 Å². The molecule has 1 aromatic carbocycles. The van der Waals surface area contributed by atoms with Crippen molar-refractivity contribution in [1.29, 1.82) is 0 Å². The molecule has 0 radical (unpaired) electrons. The van der Waals surface area contributed by atoms with Gasteiger partial charge in [-0.1, -0.05) is 11.6 Å². The Balaban J connectivity index is 1.71. The van der Waals surface area contributed by atoms with Crippen LogP contribution in [0.15, 0.2) is 22.6 Å². The van der Waals surface area contributed by atoms with Gasteiger partial charge in [0.25, 0.3) is 6.01 Å². The lowest BCUT2D eigenvalue weighted by Crippen LogP contribution is -2.44. The molecule has 0 amide bonds. The lowest BCUT2D eigenvalue weighted by atomic mass is 10.1. The molecule has 0 unspecified atom stereocenters. The number of nitrogens with zero attached hydrogens (tertiary/aromatic N) is 2. The number of anilines is 1. The van der Waals surface area contributed by atoms with E-state index in [9.17, 15) is 8.42 Å². The fourth-order valence-corrected chi connectivity index (χ4v) is 3.52. The molecule has 0 bridgehead atoms. The number of rotatable bonds is 3. The van der Waals surface area contributed by atoms with Gasteiger partial charge >= 0.3 is 0 Å².